The van der Waals surface area contributed by atoms with Gasteiger partial charge in [-0.05, 0) is 53.1 Å². The molecule has 4 rings (SSSR count). The number of aryl methyl sites for hydroxylation is 1. The quantitative estimate of drug-likeness (QED) is 0.565. The highest BCUT2D eigenvalue weighted by atomic mass is 19.1. The van der Waals surface area contributed by atoms with Crippen LogP contribution < -0.4 is 0 Å². The summed E-state index contributed by atoms with van der Waals surface area (Å²) >= 11 is 0. The second-order valence-corrected chi connectivity index (χ2v) is 6.22. The first kappa shape index (κ1) is 16.1. The molecule has 0 radical (unpaired) electrons. The van der Waals surface area contributed by atoms with E-state index in [0.717, 1.165) is 5.56 Å². The second-order valence-electron chi connectivity index (χ2n) is 6.22. The Hall–Kier alpha value is -3.35. The molecule has 0 unspecified atom stereocenters. The zero-order chi connectivity index (χ0) is 18.3. The molecule has 0 spiro atoms. The number of hydrogen-bond donors (Lipinski definition) is 0. The van der Waals surface area contributed by atoms with Gasteiger partial charge in [-0.2, -0.15) is 0 Å². The van der Waals surface area contributed by atoms with Gasteiger partial charge in [-0.3, -0.25) is 9.78 Å². The monoisotopic (exact) mass is 350 g/mol. The number of amides is 1. The van der Waals surface area contributed by atoms with Crippen molar-refractivity contribution in [1.29, 1.82) is 0 Å². The fraction of sp³-hybridized carbons (Fsp3) is 0.158. The van der Waals surface area contributed by atoms with Crippen LogP contribution in [0.1, 0.15) is 21.6 Å². The first-order valence-corrected chi connectivity index (χ1v) is 8.05. The molecule has 26 heavy (non-hydrogen) atoms. The number of rotatable bonds is 3. The van der Waals surface area contributed by atoms with Crippen LogP contribution in [0, 0.1) is 12.7 Å². The highest BCUT2D eigenvalue weighted by molar-refractivity contribution is 6.06. The van der Waals surface area contributed by atoms with Crippen molar-refractivity contribution in [3.63, 3.8) is 0 Å². The molecule has 0 aliphatic carbocycles. The van der Waals surface area contributed by atoms with Gasteiger partial charge in [0, 0.05) is 30.7 Å². The third kappa shape index (κ3) is 2.88. The SMILES string of the molecule is Cc1cc(C(=O)N(C)Cc2ccc3nonc3c2)c2ccc(F)cc2n1. The number of benzene rings is 2. The van der Waals surface area contributed by atoms with Crippen LogP contribution in [-0.2, 0) is 6.54 Å². The van der Waals surface area contributed by atoms with Crippen LogP contribution in [-0.4, -0.2) is 33.2 Å². The van der Waals surface area contributed by atoms with E-state index in [1.54, 1.807) is 37.1 Å². The van der Waals surface area contributed by atoms with E-state index in [9.17, 15) is 9.18 Å². The Kier molecular flexibility index (Phi) is 3.84. The minimum absolute atomic E-state index is 0.162. The predicted octanol–water partition coefficient (Wildman–Crippen LogP) is 3.49. The van der Waals surface area contributed by atoms with Crippen molar-refractivity contribution in [2.24, 2.45) is 0 Å². The number of hydrogen-bond acceptors (Lipinski definition) is 5. The van der Waals surface area contributed by atoms with Gasteiger partial charge >= 0.3 is 0 Å². The number of fused-ring (bicyclic) bond motifs is 2. The van der Waals surface area contributed by atoms with Crippen LogP contribution in [0.25, 0.3) is 21.9 Å². The number of aromatic nitrogens is 3. The van der Waals surface area contributed by atoms with E-state index in [0.29, 0.717) is 39.7 Å². The van der Waals surface area contributed by atoms with Crippen molar-refractivity contribution in [3.8, 4) is 0 Å². The average molecular weight is 350 g/mol. The number of pyridine rings is 1. The zero-order valence-corrected chi connectivity index (χ0v) is 14.2. The maximum Gasteiger partial charge on any atom is 0.254 e. The summed E-state index contributed by atoms with van der Waals surface area (Å²) in [4.78, 5) is 18.9. The van der Waals surface area contributed by atoms with E-state index < -0.39 is 0 Å². The van der Waals surface area contributed by atoms with Crippen molar-refractivity contribution in [2.75, 3.05) is 7.05 Å². The van der Waals surface area contributed by atoms with Crippen molar-refractivity contribution < 1.29 is 13.8 Å². The fourth-order valence-corrected chi connectivity index (χ4v) is 2.99. The standard InChI is InChI=1S/C19H15FN4O2/c1-11-7-15(14-5-4-13(20)9-17(14)21-11)19(25)24(2)10-12-3-6-16-18(8-12)23-26-22-16/h3-9H,10H2,1-2H3. The Morgan fingerprint density at radius 1 is 1.08 bits per heavy atom. The van der Waals surface area contributed by atoms with Crippen molar-refractivity contribution in [1.82, 2.24) is 20.2 Å². The average Bonchev–Trinajstić information content (AvgIpc) is 3.07. The van der Waals surface area contributed by atoms with Gasteiger partial charge in [0.25, 0.3) is 5.91 Å². The van der Waals surface area contributed by atoms with Crippen LogP contribution in [0.15, 0.2) is 47.1 Å². The Morgan fingerprint density at radius 3 is 2.73 bits per heavy atom. The number of carbonyl (C=O) groups is 1. The Balaban J connectivity index is 1.67. The normalized spacial score (nSPS) is 11.2. The molecule has 0 saturated carbocycles. The zero-order valence-electron chi connectivity index (χ0n) is 14.2. The highest BCUT2D eigenvalue weighted by Crippen LogP contribution is 2.22. The molecule has 0 aliphatic rings. The van der Waals surface area contributed by atoms with Gasteiger partial charge < -0.3 is 4.90 Å². The molecule has 2 heterocycles. The van der Waals surface area contributed by atoms with Crippen LogP contribution in [0.3, 0.4) is 0 Å². The molecule has 6 nitrogen and oxygen atoms in total. The largest absolute Gasteiger partial charge is 0.337 e. The molecule has 130 valence electrons. The molecular formula is C19H15FN4O2. The lowest BCUT2D eigenvalue weighted by Gasteiger charge is -2.18. The molecule has 0 saturated heterocycles. The summed E-state index contributed by atoms with van der Waals surface area (Å²) in [6, 6.07) is 11.5. The first-order chi connectivity index (χ1) is 12.5. The predicted molar refractivity (Wildman–Crippen MR) is 94.0 cm³/mol. The molecule has 2 aromatic heterocycles. The van der Waals surface area contributed by atoms with Gasteiger partial charge in [-0.1, -0.05) is 6.07 Å². The van der Waals surface area contributed by atoms with Gasteiger partial charge in [0.15, 0.2) is 0 Å². The molecule has 2 aromatic carbocycles. The molecule has 0 bridgehead atoms. The van der Waals surface area contributed by atoms with E-state index in [4.69, 9.17) is 4.63 Å². The van der Waals surface area contributed by atoms with Crippen LogP contribution in [0.5, 0.6) is 0 Å². The molecular weight excluding hydrogens is 335 g/mol. The van der Waals surface area contributed by atoms with E-state index in [2.05, 4.69) is 15.3 Å². The van der Waals surface area contributed by atoms with Gasteiger partial charge in [0.1, 0.15) is 16.9 Å². The van der Waals surface area contributed by atoms with Crippen molar-refractivity contribution in [2.45, 2.75) is 13.5 Å². The van der Waals surface area contributed by atoms with Gasteiger partial charge in [-0.25, -0.2) is 9.02 Å². The van der Waals surface area contributed by atoms with E-state index in [1.807, 2.05) is 12.1 Å². The maximum atomic E-state index is 13.5. The highest BCUT2D eigenvalue weighted by Gasteiger charge is 2.17. The topological polar surface area (TPSA) is 72.1 Å². The van der Waals surface area contributed by atoms with E-state index in [1.165, 1.54) is 12.1 Å². The van der Waals surface area contributed by atoms with Crippen LogP contribution in [0.4, 0.5) is 4.39 Å². The van der Waals surface area contributed by atoms with Crippen molar-refractivity contribution in [3.05, 3.63) is 65.1 Å². The Bertz CT molecular complexity index is 1130. The van der Waals surface area contributed by atoms with Crippen LogP contribution in [0.2, 0.25) is 0 Å². The molecule has 0 aliphatic heterocycles. The molecule has 1 amide bonds. The summed E-state index contributed by atoms with van der Waals surface area (Å²) < 4.78 is 18.2. The third-order valence-electron chi connectivity index (χ3n) is 4.22. The molecule has 0 fully saturated rings. The molecule has 0 N–H and O–H groups in total. The molecule has 0 atom stereocenters. The summed E-state index contributed by atoms with van der Waals surface area (Å²) in [5.41, 5.74) is 3.85. The summed E-state index contributed by atoms with van der Waals surface area (Å²) in [6.07, 6.45) is 0. The number of carbonyl (C=O) groups excluding carboxylic acids is 1. The lowest BCUT2D eigenvalue weighted by atomic mass is 10.1. The smallest absolute Gasteiger partial charge is 0.254 e. The van der Waals surface area contributed by atoms with Crippen LogP contribution >= 0.6 is 0 Å². The minimum Gasteiger partial charge on any atom is -0.337 e. The lowest BCUT2D eigenvalue weighted by Crippen LogP contribution is -2.26. The molecule has 4 aromatic rings. The summed E-state index contributed by atoms with van der Waals surface area (Å²) in [5, 5.41) is 8.22. The Labute approximate surface area is 148 Å². The summed E-state index contributed by atoms with van der Waals surface area (Å²) in [7, 11) is 1.72. The van der Waals surface area contributed by atoms with E-state index in [-0.39, 0.29) is 11.7 Å². The maximum absolute atomic E-state index is 13.5. The number of halogens is 1. The summed E-state index contributed by atoms with van der Waals surface area (Å²) in [6.45, 7) is 2.18. The van der Waals surface area contributed by atoms with Gasteiger partial charge in [0.2, 0.25) is 0 Å². The molecule has 7 heteroatoms. The minimum atomic E-state index is -0.378. The lowest BCUT2D eigenvalue weighted by molar-refractivity contribution is 0.0787. The third-order valence-corrected chi connectivity index (χ3v) is 4.22. The summed E-state index contributed by atoms with van der Waals surface area (Å²) in [5.74, 6) is -0.539. The van der Waals surface area contributed by atoms with Crippen molar-refractivity contribution >= 4 is 27.8 Å². The fourth-order valence-electron chi connectivity index (χ4n) is 2.99. The van der Waals surface area contributed by atoms with E-state index >= 15 is 0 Å². The van der Waals surface area contributed by atoms with Gasteiger partial charge in [0.05, 0.1) is 11.1 Å². The van der Waals surface area contributed by atoms with Gasteiger partial charge in [-0.15, -0.1) is 0 Å². The Morgan fingerprint density at radius 2 is 1.88 bits per heavy atom. The second kappa shape index (κ2) is 6.18. The first-order valence-electron chi connectivity index (χ1n) is 8.05. The number of nitrogens with zero attached hydrogens (tertiary/aromatic N) is 4.